The summed E-state index contributed by atoms with van der Waals surface area (Å²) in [6.45, 7) is 7.16. The van der Waals surface area contributed by atoms with Crippen LogP contribution in [0.25, 0.3) is 0 Å². The van der Waals surface area contributed by atoms with Crippen molar-refractivity contribution in [2.45, 2.75) is 39.7 Å². The zero-order valence-corrected chi connectivity index (χ0v) is 12.5. The van der Waals surface area contributed by atoms with E-state index in [4.69, 9.17) is 0 Å². The molecule has 19 heavy (non-hydrogen) atoms. The quantitative estimate of drug-likeness (QED) is 0.881. The number of aromatic nitrogens is 3. The van der Waals surface area contributed by atoms with Crippen molar-refractivity contribution in [2.24, 2.45) is 0 Å². The first-order valence-electron chi connectivity index (χ1n) is 6.62. The lowest BCUT2D eigenvalue weighted by Crippen LogP contribution is -2.26. The smallest absolute Gasteiger partial charge is 0.145 e. The molecular formula is C14H20N4S. The molecule has 0 saturated heterocycles. The molecule has 2 aromatic heterocycles. The number of nitrogens with one attached hydrogen (secondary N) is 1. The molecule has 0 aromatic carbocycles. The first kappa shape index (κ1) is 14.1. The van der Waals surface area contributed by atoms with Gasteiger partial charge >= 0.3 is 0 Å². The van der Waals surface area contributed by atoms with E-state index in [9.17, 15) is 0 Å². The average Bonchev–Trinajstić information content (AvgIpc) is 2.81. The first-order valence-corrected chi connectivity index (χ1v) is 7.50. The van der Waals surface area contributed by atoms with E-state index in [0.717, 1.165) is 41.5 Å². The largest absolute Gasteiger partial charge is 0.307 e. The van der Waals surface area contributed by atoms with Crippen molar-refractivity contribution in [3.63, 3.8) is 0 Å². The highest BCUT2D eigenvalue weighted by atomic mass is 32.1. The second-order valence-electron chi connectivity index (χ2n) is 4.69. The Bertz CT molecular complexity index is 506. The predicted molar refractivity (Wildman–Crippen MR) is 78.4 cm³/mol. The lowest BCUT2D eigenvalue weighted by Gasteiger charge is -2.16. The number of nitrogens with zero attached hydrogens (tertiary/aromatic N) is 3. The molecule has 0 aliphatic rings. The lowest BCUT2D eigenvalue weighted by atomic mass is 10.1. The maximum atomic E-state index is 4.52. The van der Waals surface area contributed by atoms with Crippen LogP contribution in [0.2, 0.25) is 0 Å². The van der Waals surface area contributed by atoms with Gasteiger partial charge in [0.2, 0.25) is 0 Å². The second-order valence-corrected chi connectivity index (χ2v) is 5.75. The molecule has 0 amide bonds. The van der Waals surface area contributed by atoms with Crippen LogP contribution in [0, 0.1) is 13.8 Å². The van der Waals surface area contributed by atoms with Crippen LogP contribution in [0.3, 0.4) is 0 Å². The molecule has 0 spiro atoms. The molecule has 0 fully saturated rings. The van der Waals surface area contributed by atoms with Crippen LogP contribution >= 0.6 is 11.3 Å². The monoisotopic (exact) mass is 276 g/mol. The van der Waals surface area contributed by atoms with Crippen LogP contribution in [0.4, 0.5) is 0 Å². The van der Waals surface area contributed by atoms with Crippen LogP contribution in [0.15, 0.2) is 17.8 Å². The summed E-state index contributed by atoms with van der Waals surface area (Å²) in [5, 5.41) is 6.72. The van der Waals surface area contributed by atoms with E-state index in [1.165, 1.54) is 0 Å². The van der Waals surface area contributed by atoms with Gasteiger partial charge in [-0.1, -0.05) is 6.92 Å². The minimum Gasteiger partial charge on any atom is -0.307 e. The zero-order chi connectivity index (χ0) is 13.7. The van der Waals surface area contributed by atoms with Crippen LogP contribution < -0.4 is 5.32 Å². The summed E-state index contributed by atoms with van der Waals surface area (Å²) < 4.78 is 0. The molecule has 2 aromatic rings. The van der Waals surface area contributed by atoms with Crippen molar-refractivity contribution in [2.75, 3.05) is 6.54 Å². The Hall–Kier alpha value is -1.33. The van der Waals surface area contributed by atoms with Crippen molar-refractivity contribution in [1.29, 1.82) is 0 Å². The number of aryl methyl sites for hydroxylation is 2. The third-order valence-electron chi connectivity index (χ3n) is 2.83. The van der Waals surface area contributed by atoms with Gasteiger partial charge < -0.3 is 5.32 Å². The third kappa shape index (κ3) is 4.08. The van der Waals surface area contributed by atoms with Crippen molar-refractivity contribution in [1.82, 2.24) is 20.3 Å². The Morgan fingerprint density at radius 1 is 1.26 bits per heavy atom. The number of hydrogen-bond acceptors (Lipinski definition) is 5. The summed E-state index contributed by atoms with van der Waals surface area (Å²) in [6, 6.07) is 0.141. The number of hydrogen-bond donors (Lipinski definition) is 1. The fraction of sp³-hybridized carbons (Fsp3) is 0.500. The number of rotatable bonds is 6. The zero-order valence-electron chi connectivity index (χ0n) is 11.7. The highest BCUT2D eigenvalue weighted by molar-refractivity contribution is 7.09. The standard InChI is InChI=1S/C14H20N4S/c1-4-5-15-13(6-12-9-19-11(3)18-12)14-16-7-10(2)8-17-14/h7-9,13,15H,4-6H2,1-3H3. The summed E-state index contributed by atoms with van der Waals surface area (Å²) in [4.78, 5) is 13.4. The molecule has 1 atom stereocenters. The molecule has 102 valence electrons. The van der Waals surface area contributed by atoms with E-state index < -0.39 is 0 Å². The summed E-state index contributed by atoms with van der Waals surface area (Å²) >= 11 is 1.69. The van der Waals surface area contributed by atoms with Gasteiger partial charge in [0.1, 0.15) is 5.82 Å². The van der Waals surface area contributed by atoms with E-state index in [2.05, 4.69) is 32.6 Å². The Balaban J connectivity index is 2.13. The SMILES string of the molecule is CCCNC(Cc1csc(C)n1)c1ncc(C)cn1. The molecule has 0 bridgehead atoms. The Morgan fingerprint density at radius 3 is 2.58 bits per heavy atom. The highest BCUT2D eigenvalue weighted by Gasteiger charge is 2.15. The van der Waals surface area contributed by atoms with Gasteiger partial charge in [0.15, 0.2) is 0 Å². The second kappa shape index (κ2) is 6.73. The van der Waals surface area contributed by atoms with Crippen molar-refractivity contribution in [3.05, 3.63) is 39.9 Å². The van der Waals surface area contributed by atoms with Gasteiger partial charge in [0.25, 0.3) is 0 Å². The van der Waals surface area contributed by atoms with Crippen molar-refractivity contribution >= 4 is 11.3 Å². The minimum absolute atomic E-state index is 0.141. The maximum absolute atomic E-state index is 4.52. The van der Waals surface area contributed by atoms with Crippen LogP contribution in [-0.4, -0.2) is 21.5 Å². The fourth-order valence-electron chi connectivity index (χ4n) is 1.87. The van der Waals surface area contributed by atoms with Crippen molar-refractivity contribution < 1.29 is 0 Å². The topological polar surface area (TPSA) is 50.7 Å². The van der Waals surface area contributed by atoms with Crippen LogP contribution in [0.1, 0.15) is 41.5 Å². The summed E-state index contributed by atoms with van der Waals surface area (Å²) in [7, 11) is 0. The van der Waals surface area contributed by atoms with Crippen molar-refractivity contribution in [3.8, 4) is 0 Å². The van der Waals surface area contributed by atoms with E-state index in [-0.39, 0.29) is 6.04 Å². The van der Waals surface area contributed by atoms with Gasteiger partial charge in [-0.2, -0.15) is 0 Å². The normalized spacial score (nSPS) is 12.6. The third-order valence-corrected chi connectivity index (χ3v) is 3.66. The summed E-state index contributed by atoms with van der Waals surface area (Å²) in [6.07, 6.45) is 5.68. The molecule has 5 heteroatoms. The molecule has 1 unspecified atom stereocenters. The van der Waals surface area contributed by atoms with Gasteiger partial charge in [0, 0.05) is 24.2 Å². The van der Waals surface area contributed by atoms with E-state index >= 15 is 0 Å². The molecular weight excluding hydrogens is 256 g/mol. The van der Waals surface area contributed by atoms with Gasteiger partial charge in [-0.25, -0.2) is 15.0 Å². The minimum atomic E-state index is 0.141. The molecule has 4 nitrogen and oxygen atoms in total. The molecule has 0 radical (unpaired) electrons. The maximum Gasteiger partial charge on any atom is 0.145 e. The molecule has 2 heterocycles. The van der Waals surface area contributed by atoms with Gasteiger partial charge in [0.05, 0.1) is 16.7 Å². The lowest BCUT2D eigenvalue weighted by molar-refractivity contribution is 0.500. The summed E-state index contributed by atoms with van der Waals surface area (Å²) in [5.41, 5.74) is 2.20. The molecule has 1 N–H and O–H groups in total. The van der Waals surface area contributed by atoms with Gasteiger partial charge in [-0.15, -0.1) is 11.3 Å². The van der Waals surface area contributed by atoms with Crippen LogP contribution in [0.5, 0.6) is 0 Å². The Kier molecular flexibility index (Phi) is 4.99. The van der Waals surface area contributed by atoms with Gasteiger partial charge in [-0.3, -0.25) is 0 Å². The van der Waals surface area contributed by atoms with E-state index in [1.807, 2.05) is 26.2 Å². The molecule has 0 aliphatic heterocycles. The van der Waals surface area contributed by atoms with Gasteiger partial charge in [-0.05, 0) is 32.4 Å². The van der Waals surface area contributed by atoms with E-state index in [1.54, 1.807) is 11.3 Å². The fourth-order valence-corrected chi connectivity index (χ4v) is 2.49. The van der Waals surface area contributed by atoms with E-state index in [0.29, 0.717) is 0 Å². The number of thiazole rings is 1. The Morgan fingerprint density at radius 2 is 2.00 bits per heavy atom. The molecule has 0 saturated carbocycles. The Labute approximate surface area is 118 Å². The van der Waals surface area contributed by atoms with Crippen LogP contribution in [-0.2, 0) is 6.42 Å². The summed E-state index contributed by atoms with van der Waals surface area (Å²) in [5.74, 6) is 0.852. The molecule has 0 aliphatic carbocycles. The molecule has 2 rings (SSSR count). The highest BCUT2D eigenvalue weighted by Crippen LogP contribution is 2.17. The first-order chi connectivity index (χ1) is 9.19. The predicted octanol–water partition coefficient (Wildman–Crippen LogP) is 2.83. The average molecular weight is 276 g/mol.